The summed E-state index contributed by atoms with van der Waals surface area (Å²) in [4.78, 5) is 18.3. The van der Waals surface area contributed by atoms with Crippen molar-refractivity contribution in [1.29, 1.82) is 0 Å². The zero-order valence-corrected chi connectivity index (χ0v) is 17.8. The van der Waals surface area contributed by atoms with Gasteiger partial charge in [0.25, 0.3) is 0 Å². The van der Waals surface area contributed by atoms with Crippen LogP contribution in [-0.2, 0) is 24.3 Å². The number of amides is 1. The van der Waals surface area contributed by atoms with Gasteiger partial charge in [-0.25, -0.2) is 4.98 Å². The number of carbonyl (C=O) groups is 1. The van der Waals surface area contributed by atoms with Crippen LogP contribution < -0.4 is 10.2 Å². The van der Waals surface area contributed by atoms with Crippen LogP contribution >= 0.6 is 11.3 Å². The second kappa shape index (κ2) is 9.13. The highest BCUT2D eigenvalue weighted by molar-refractivity contribution is 7.09. The molecule has 0 aliphatic carbocycles. The Morgan fingerprint density at radius 3 is 2.46 bits per heavy atom. The zero-order chi connectivity index (χ0) is 20.1. The molecule has 1 aromatic heterocycles. The number of nitrogens with one attached hydrogen (secondary N) is 2. The number of quaternary nitrogens is 1. The molecule has 3 aromatic rings. The van der Waals surface area contributed by atoms with E-state index in [4.69, 9.17) is 0 Å². The van der Waals surface area contributed by atoms with Crippen molar-refractivity contribution in [2.45, 2.75) is 40.3 Å². The molecule has 3 rings (SSSR count). The van der Waals surface area contributed by atoms with Crippen LogP contribution in [0.15, 0.2) is 47.8 Å². The number of rotatable bonds is 7. The summed E-state index contributed by atoms with van der Waals surface area (Å²) in [5.74, 6) is -0.0271. The van der Waals surface area contributed by atoms with Crippen molar-refractivity contribution in [3.8, 4) is 0 Å². The van der Waals surface area contributed by atoms with Gasteiger partial charge in [0.05, 0.1) is 13.5 Å². The molecule has 0 radical (unpaired) electrons. The first-order valence-corrected chi connectivity index (χ1v) is 10.4. The van der Waals surface area contributed by atoms with Crippen molar-refractivity contribution in [3.05, 3.63) is 80.8 Å². The molecule has 1 atom stereocenters. The molecule has 4 nitrogen and oxygen atoms in total. The van der Waals surface area contributed by atoms with Crippen LogP contribution in [-0.4, -0.2) is 17.9 Å². The first-order chi connectivity index (χ1) is 13.4. The molecular weight excluding hydrogens is 366 g/mol. The molecule has 146 valence electrons. The predicted octanol–water partition coefficient (Wildman–Crippen LogP) is 3.46. The Morgan fingerprint density at radius 1 is 1.04 bits per heavy atom. The van der Waals surface area contributed by atoms with Gasteiger partial charge in [-0.15, -0.1) is 11.3 Å². The van der Waals surface area contributed by atoms with Gasteiger partial charge >= 0.3 is 0 Å². The van der Waals surface area contributed by atoms with E-state index in [2.05, 4.69) is 54.8 Å². The Labute approximate surface area is 171 Å². The standard InChI is InChI=1S/C23H27N3OS/c1-16-6-9-20(10-7-16)24-22(27)12-23-25-21(15-28-23)14-26(4)13-19-8-5-17(2)11-18(19)3/h5-11,15H,12-14H2,1-4H3,(H,24,27)/p+1. The molecule has 2 aromatic carbocycles. The van der Waals surface area contributed by atoms with E-state index in [1.54, 1.807) is 11.3 Å². The number of carbonyl (C=O) groups excluding carboxylic acids is 1. The van der Waals surface area contributed by atoms with Gasteiger partial charge in [-0.1, -0.05) is 41.5 Å². The number of aryl methyl sites for hydroxylation is 3. The van der Waals surface area contributed by atoms with Crippen LogP contribution in [0, 0.1) is 20.8 Å². The quantitative estimate of drug-likeness (QED) is 0.645. The molecule has 0 bridgehead atoms. The first kappa shape index (κ1) is 20.2. The number of nitrogens with zero attached hydrogens (tertiary/aromatic N) is 1. The van der Waals surface area contributed by atoms with E-state index in [-0.39, 0.29) is 5.91 Å². The summed E-state index contributed by atoms with van der Waals surface area (Å²) < 4.78 is 0. The van der Waals surface area contributed by atoms with Crippen LogP contribution in [0.1, 0.15) is 33.0 Å². The summed E-state index contributed by atoms with van der Waals surface area (Å²) in [6.07, 6.45) is 0.314. The number of hydrogen-bond acceptors (Lipinski definition) is 3. The molecule has 1 heterocycles. The Morgan fingerprint density at radius 2 is 1.75 bits per heavy atom. The third kappa shape index (κ3) is 5.75. The highest BCUT2D eigenvalue weighted by Gasteiger charge is 2.12. The third-order valence-corrected chi connectivity index (χ3v) is 5.62. The van der Waals surface area contributed by atoms with E-state index in [0.29, 0.717) is 6.42 Å². The molecule has 0 fully saturated rings. The Balaban J connectivity index is 1.53. The fourth-order valence-electron chi connectivity index (χ4n) is 3.23. The largest absolute Gasteiger partial charge is 0.329 e. The summed E-state index contributed by atoms with van der Waals surface area (Å²) in [5.41, 5.74) is 7.06. The van der Waals surface area contributed by atoms with Crippen LogP contribution in [0.2, 0.25) is 0 Å². The summed E-state index contributed by atoms with van der Waals surface area (Å²) in [6, 6.07) is 14.4. The van der Waals surface area contributed by atoms with E-state index in [1.165, 1.54) is 27.2 Å². The van der Waals surface area contributed by atoms with Crippen molar-refractivity contribution in [1.82, 2.24) is 4.98 Å². The molecule has 0 saturated heterocycles. The molecular formula is C23H28N3OS+. The maximum Gasteiger partial charge on any atom is 0.231 e. The minimum Gasteiger partial charge on any atom is -0.329 e. The lowest BCUT2D eigenvalue weighted by molar-refractivity contribution is -0.908. The second-order valence-electron chi connectivity index (χ2n) is 7.56. The number of anilines is 1. The number of hydrogen-bond donors (Lipinski definition) is 2. The van der Waals surface area contributed by atoms with Crippen molar-refractivity contribution in [2.24, 2.45) is 0 Å². The molecule has 1 unspecified atom stereocenters. The zero-order valence-electron chi connectivity index (χ0n) is 17.0. The molecule has 1 amide bonds. The smallest absolute Gasteiger partial charge is 0.231 e. The van der Waals surface area contributed by atoms with Gasteiger partial charge in [-0.2, -0.15) is 0 Å². The summed E-state index contributed by atoms with van der Waals surface area (Å²) in [6.45, 7) is 8.14. The van der Waals surface area contributed by atoms with Crippen LogP contribution in [0.5, 0.6) is 0 Å². The highest BCUT2D eigenvalue weighted by atomic mass is 32.1. The number of thiazole rings is 1. The minimum absolute atomic E-state index is 0.0271. The maximum absolute atomic E-state index is 12.3. The average Bonchev–Trinajstić information content (AvgIpc) is 3.06. The van der Waals surface area contributed by atoms with Gasteiger partial charge in [0.1, 0.15) is 23.8 Å². The van der Waals surface area contributed by atoms with Crippen LogP contribution in [0.3, 0.4) is 0 Å². The summed E-state index contributed by atoms with van der Waals surface area (Å²) in [5, 5.41) is 5.86. The lowest BCUT2D eigenvalue weighted by atomic mass is 10.1. The van der Waals surface area contributed by atoms with E-state index < -0.39 is 0 Å². The van der Waals surface area contributed by atoms with Gasteiger partial charge in [0.15, 0.2) is 0 Å². The van der Waals surface area contributed by atoms with Gasteiger partial charge in [0, 0.05) is 16.6 Å². The number of benzene rings is 2. The molecule has 0 aliphatic heterocycles. The third-order valence-electron chi connectivity index (χ3n) is 4.72. The maximum atomic E-state index is 12.3. The topological polar surface area (TPSA) is 46.4 Å². The van der Waals surface area contributed by atoms with E-state index in [1.807, 2.05) is 31.2 Å². The van der Waals surface area contributed by atoms with E-state index in [9.17, 15) is 4.79 Å². The normalized spacial score (nSPS) is 12.0. The van der Waals surface area contributed by atoms with Crippen molar-refractivity contribution in [3.63, 3.8) is 0 Å². The van der Waals surface area contributed by atoms with Crippen molar-refractivity contribution < 1.29 is 9.69 Å². The minimum atomic E-state index is -0.0271. The second-order valence-corrected chi connectivity index (χ2v) is 8.51. The summed E-state index contributed by atoms with van der Waals surface area (Å²) >= 11 is 1.56. The SMILES string of the molecule is Cc1ccc(NC(=O)Cc2nc(C[NH+](C)Cc3ccc(C)cc3C)cs2)cc1. The van der Waals surface area contributed by atoms with Crippen molar-refractivity contribution in [2.75, 3.05) is 12.4 Å². The molecule has 0 saturated carbocycles. The molecule has 0 spiro atoms. The Hall–Kier alpha value is -2.50. The molecule has 28 heavy (non-hydrogen) atoms. The summed E-state index contributed by atoms with van der Waals surface area (Å²) in [7, 11) is 2.18. The monoisotopic (exact) mass is 394 g/mol. The van der Waals surface area contributed by atoms with E-state index in [0.717, 1.165) is 29.5 Å². The van der Waals surface area contributed by atoms with Gasteiger partial charge in [-0.05, 0) is 38.5 Å². The lowest BCUT2D eigenvalue weighted by Gasteiger charge is -2.14. The Bertz CT molecular complexity index is 947. The predicted molar refractivity (Wildman–Crippen MR) is 116 cm³/mol. The van der Waals surface area contributed by atoms with Gasteiger partial charge < -0.3 is 10.2 Å². The van der Waals surface area contributed by atoms with Crippen LogP contribution in [0.25, 0.3) is 0 Å². The van der Waals surface area contributed by atoms with Gasteiger partial charge in [-0.3, -0.25) is 4.79 Å². The lowest BCUT2D eigenvalue weighted by Crippen LogP contribution is -3.06. The van der Waals surface area contributed by atoms with Gasteiger partial charge in [0.2, 0.25) is 5.91 Å². The average molecular weight is 395 g/mol. The highest BCUT2D eigenvalue weighted by Crippen LogP contribution is 2.13. The Kier molecular flexibility index (Phi) is 6.60. The molecule has 5 heteroatoms. The first-order valence-electron chi connectivity index (χ1n) is 9.56. The van der Waals surface area contributed by atoms with Crippen molar-refractivity contribution >= 4 is 22.9 Å². The van der Waals surface area contributed by atoms with Crippen LogP contribution in [0.4, 0.5) is 5.69 Å². The van der Waals surface area contributed by atoms with E-state index >= 15 is 0 Å². The molecule has 2 N–H and O–H groups in total. The fourth-order valence-corrected chi connectivity index (χ4v) is 4.02. The fraction of sp³-hybridized carbons (Fsp3) is 0.304. The molecule has 0 aliphatic rings. The number of aromatic nitrogens is 1.